The van der Waals surface area contributed by atoms with Gasteiger partial charge in [-0.15, -0.1) is 0 Å². The van der Waals surface area contributed by atoms with Gasteiger partial charge in [-0.3, -0.25) is 0 Å². The first-order valence-electron chi connectivity index (χ1n) is 6.08. The molecule has 1 aromatic rings. The zero-order valence-corrected chi connectivity index (χ0v) is 12.9. The maximum Gasteiger partial charge on any atom is 0.389 e. The maximum absolute atomic E-state index is 12.3. The summed E-state index contributed by atoms with van der Waals surface area (Å²) in [4.78, 5) is 0. The molecular weight excluding hydrogens is 343 g/mol. The van der Waals surface area contributed by atoms with Crippen molar-refractivity contribution in [2.24, 2.45) is 0 Å². The largest absolute Gasteiger partial charge is 0.389 e. The van der Waals surface area contributed by atoms with E-state index in [1.165, 1.54) is 0 Å². The van der Waals surface area contributed by atoms with Gasteiger partial charge in [-0.25, -0.2) is 0 Å². The van der Waals surface area contributed by atoms with Crippen LogP contribution in [0, 0.1) is 0 Å². The molecule has 1 rings (SSSR count). The Labute approximate surface area is 124 Å². The third-order valence-electron chi connectivity index (χ3n) is 2.70. The second-order valence-electron chi connectivity index (χ2n) is 4.33. The molecule has 6 heteroatoms. The second kappa shape index (κ2) is 7.50. The van der Waals surface area contributed by atoms with Gasteiger partial charge in [0.2, 0.25) is 0 Å². The maximum atomic E-state index is 12.3. The van der Waals surface area contributed by atoms with Gasteiger partial charge >= 0.3 is 6.18 Å². The van der Waals surface area contributed by atoms with Crippen LogP contribution in [0.25, 0.3) is 0 Å². The molecule has 0 amide bonds. The summed E-state index contributed by atoms with van der Waals surface area (Å²) >= 11 is 9.25. The summed E-state index contributed by atoms with van der Waals surface area (Å²) in [6, 6.07) is 4.92. The van der Waals surface area contributed by atoms with Gasteiger partial charge in [-0.2, -0.15) is 13.2 Å². The Morgan fingerprint density at radius 1 is 1.37 bits per heavy atom. The highest BCUT2D eigenvalue weighted by molar-refractivity contribution is 9.10. The molecule has 1 unspecified atom stereocenters. The average molecular weight is 359 g/mol. The van der Waals surface area contributed by atoms with Gasteiger partial charge in [0.1, 0.15) is 0 Å². The molecule has 108 valence electrons. The topological polar surface area (TPSA) is 12.0 Å². The lowest BCUT2D eigenvalue weighted by Crippen LogP contribution is -2.24. The van der Waals surface area contributed by atoms with E-state index >= 15 is 0 Å². The fourth-order valence-corrected chi connectivity index (χ4v) is 2.18. The molecule has 19 heavy (non-hydrogen) atoms. The summed E-state index contributed by atoms with van der Waals surface area (Å²) in [7, 11) is 0. The van der Waals surface area contributed by atoms with Crippen molar-refractivity contribution in [3.05, 3.63) is 33.3 Å². The highest BCUT2D eigenvalue weighted by Gasteiger charge is 2.28. The molecule has 0 aromatic heterocycles. The second-order valence-corrected chi connectivity index (χ2v) is 5.60. The number of halogens is 5. The van der Waals surface area contributed by atoms with Crippen LogP contribution in [-0.4, -0.2) is 12.7 Å². The summed E-state index contributed by atoms with van der Waals surface area (Å²) in [5.41, 5.74) is 0.783. The minimum Gasteiger partial charge on any atom is -0.310 e. The van der Waals surface area contributed by atoms with Gasteiger partial charge in [0, 0.05) is 16.9 Å². The highest BCUT2D eigenvalue weighted by Crippen LogP contribution is 2.31. The molecule has 1 N–H and O–H groups in total. The first-order chi connectivity index (χ1) is 8.83. The summed E-state index contributed by atoms with van der Waals surface area (Å²) in [6.45, 7) is 2.65. The van der Waals surface area contributed by atoms with E-state index in [1.807, 2.05) is 6.92 Å². The Balaban J connectivity index is 2.79. The molecule has 0 fully saturated rings. The van der Waals surface area contributed by atoms with Crippen LogP contribution in [0.1, 0.15) is 37.8 Å². The van der Waals surface area contributed by atoms with E-state index in [9.17, 15) is 13.2 Å². The highest BCUT2D eigenvalue weighted by atomic mass is 79.9. The summed E-state index contributed by atoms with van der Waals surface area (Å²) in [6.07, 6.45) is -4.05. The van der Waals surface area contributed by atoms with E-state index in [2.05, 4.69) is 21.2 Å². The molecule has 0 aliphatic carbocycles. The zero-order chi connectivity index (χ0) is 14.5. The van der Waals surface area contributed by atoms with Crippen molar-refractivity contribution < 1.29 is 13.2 Å². The molecule has 0 heterocycles. The quantitative estimate of drug-likeness (QED) is 0.709. The van der Waals surface area contributed by atoms with Crippen LogP contribution >= 0.6 is 27.5 Å². The number of benzene rings is 1. The van der Waals surface area contributed by atoms with E-state index < -0.39 is 12.6 Å². The molecule has 0 saturated carbocycles. The van der Waals surface area contributed by atoms with E-state index in [-0.39, 0.29) is 12.5 Å². The van der Waals surface area contributed by atoms with Gasteiger partial charge in [0.05, 0.1) is 5.02 Å². The van der Waals surface area contributed by atoms with Crippen molar-refractivity contribution in [1.29, 1.82) is 0 Å². The molecule has 1 atom stereocenters. The Morgan fingerprint density at radius 2 is 2.05 bits per heavy atom. The molecular formula is C13H16BrClF3N. The number of nitrogens with one attached hydrogen (secondary N) is 1. The Kier molecular flexibility index (Phi) is 6.63. The normalized spacial score (nSPS) is 13.6. The number of alkyl halides is 3. The number of hydrogen-bond acceptors (Lipinski definition) is 1. The molecule has 0 saturated heterocycles. The standard InChI is InChI=1S/C13H16BrClF3N/c1-2-7-19-12(5-6-13(16,17)18)9-3-4-10(14)11(15)8-9/h3-4,8,12,19H,2,5-7H2,1H3. The zero-order valence-electron chi connectivity index (χ0n) is 10.5. The number of rotatable bonds is 6. The number of hydrogen-bond donors (Lipinski definition) is 1. The fraction of sp³-hybridized carbons (Fsp3) is 0.538. The summed E-state index contributed by atoms with van der Waals surface area (Å²) in [5.74, 6) is 0. The van der Waals surface area contributed by atoms with Gasteiger partial charge in [-0.05, 0) is 53.0 Å². The van der Waals surface area contributed by atoms with Crippen LogP contribution in [0.15, 0.2) is 22.7 Å². The van der Waals surface area contributed by atoms with E-state index in [1.54, 1.807) is 18.2 Å². The van der Waals surface area contributed by atoms with E-state index in [4.69, 9.17) is 11.6 Å². The monoisotopic (exact) mass is 357 g/mol. The van der Waals surface area contributed by atoms with Crippen molar-refractivity contribution in [3.63, 3.8) is 0 Å². The van der Waals surface area contributed by atoms with Gasteiger partial charge in [0.25, 0.3) is 0 Å². The van der Waals surface area contributed by atoms with Crippen LogP contribution in [0.4, 0.5) is 13.2 Å². The van der Waals surface area contributed by atoms with Crippen molar-refractivity contribution in [1.82, 2.24) is 5.32 Å². The van der Waals surface area contributed by atoms with E-state index in [0.717, 1.165) is 16.5 Å². The SMILES string of the molecule is CCCNC(CCC(F)(F)F)c1ccc(Br)c(Cl)c1. The Hall–Kier alpha value is -0.260. The first kappa shape index (κ1) is 16.8. The third-order valence-corrected chi connectivity index (χ3v) is 3.94. The van der Waals surface area contributed by atoms with Crippen LogP contribution in [0.2, 0.25) is 5.02 Å². The minimum absolute atomic E-state index is 0.0153. The van der Waals surface area contributed by atoms with Crippen LogP contribution in [-0.2, 0) is 0 Å². The first-order valence-corrected chi connectivity index (χ1v) is 7.25. The van der Waals surface area contributed by atoms with Gasteiger partial charge in [-0.1, -0.05) is 24.6 Å². The summed E-state index contributed by atoms with van der Waals surface area (Å²) < 4.78 is 37.7. The Bertz CT molecular complexity index is 409. The Morgan fingerprint density at radius 3 is 2.58 bits per heavy atom. The van der Waals surface area contributed by atoms with Crippen LogP contribution in [0.5, 0.6) is 0 Å². The molecule has 0 aliphatic heterocycles. The molecule has 0 bridgehead atoms. The van der Waals surface area contributed by atoms with E-state index in [0.29, 0.717) is 11.6 Å². The van der Waals surface area contributed by atoms with Gasteiger partial charge < -0.3 is 5.32 Å². The third kappa shape index (κ3) is 6.15. The lowest BCUT2D eigenvalue weighted by Gasteiger charge is -2.20. The van der Waals surface area contributed by atoms with Crippen molar-refractivity contribution in [2.75, 3.05) is 6.54 Å². The predicted molar refractivity (Wildman–Crippen MR) is 75.5 cm³/mol. The molecule has 1 aromatic carbocycles. The lowest BCUT2D eigenvalue weighted by atomic mass is 10.0. The lowest BCUT2D eigenvalue weighted by molar-refractivity contribution is -0.136. The van der Waals surface area contributed by atoms with Crippen LogP contribution < -0.4 is 5.32 Å². The predicted octanol–water partition coefficient (Wildman–Crippen LogP) is 5.49. The minimum atomic E-state index is -4.13. The molecule has 0 radical (unpaired) electrons. The van der Waals surface area contributed by atoms with Crippen molar-refractivity contribution in [3.8, 4) is 0 Å². The van der Waals surface area contributed by atoms with Crippen LogP contribution in [0.3, 0.4) is 0 Å². The average Bonchev–Trinajstić information content (AvgIpc) is 2.32. The van der Waals surface area contributed by atoms with Crippen molar-refractivity contribution in [2.45, 2.75) is 38.4 Å². The smallest absolute Gasteiger partial charge is 0.310 e. The molecule has 0 spiro atoms. The molecule has 0 aliphatic rings. The van der Waals surface area contributed by atoms with Crippen molar-refractivity contribution >= 4 is 27.5 Å². The van der Waals surface area contributed by atoms with Gasteiger partial charge in [0.15, 0.2) is 0 Å². The summed E-state index contributed by atoms with van der Waals surface area (Å²) in [5, 5.41) is 3.64. The molecule has 1 nitrogen and oxygen atoms in total. The fourth-order valence-electron chi connectivity index (χ4n) is 1.74.